The zero-order valence-corrected chi connectivity index (χ0v) is 10.6. The normalized spacial score (nSPS) is 13.2. The van der Waals surface area contributed by atoms with Crippen LogP contribution < -0.4 is 0 Å². The Morgan fingerprint density at radius 2 is 1.53 bits per heavy atom. The predicted molar refractivity (Wildman–Crippen MR) is 70.7 cm³/mol. The van der Waals surface area contributed by atoms with Crippen molar-refractivity contribution in [3.8, 4) is 0 Å². The number of carbonyl (C=O) groups excluding carboxylic acids is 2. The lowest BCUT2D eigenvalue weighted by Crippen LogP contribution is -2.22. The molecule has 0 amide bonds. The van der Waals surface area contributed by atoms with Crippen molar-refractivity contribution < 1.29 is 14.7 Å². The molecule has 2 aromatic carbocycles. The van der Waals surface area contributed by atoms with Crippen LogP contribution in [0.5, 0.6) is 0 Å². The number of hydrogen-bond acceptors (Lipinski definition) is 3. The van der Waals surface area contributed by atoms with Gasteiger partial charge in [0, 0.05) is 32.8 Å². The number of halogens is 1. The largest absolute Gasteiger partial charge is 0.392 e. The standard InChI is InChI=1S/C15H9ClO3/c16-12-6-5-10-13(11(12)7-17)15(19)9-4-2-1-3-8(9)14(10)18/h1-6,17H,7H2. The van der Waals surface area contributed by atoms with Gasteiger partial charge in [0.25, 0.3) is 0 Å². The third-order valence-electron chi connectivity index (χ3n) is 3.30. The van der Waals surface area contributed by atoms with Crippen molar-refractivity contribution in [1.82, 2.24) is 0 Å². The fourth-order valence-corrected chi connectivity index (χ4v) is 2.60. The summed E-state index contributed by atoms with van der Waals surface area (Å²) in [5.74, 6) is -0.478. The minimum atomic E-state index is -0.372. The van der Waals surface area contributed by atoms with Gasteiger partial charge >= 0.3 is 0 Å². The lowest BCUT2D eigenvalue weighted by atomic mass is 9.82. The summed E-state index contributed by atoms with van der Waals surface area (Å²) in [6.45, 7) is -0.372. The van der Waals surface area contributed by atoms with Crippen LogP contribution in [0.3, 0.4) is 0 Å². The first-order valence-electron chi connectivity index (χ1n) is 5.76. The number of aliphatic hydroxyl groups is 1. The maximum atomic E-state index is 12.5. The predicted octanol–water partition coefficient (Wildman–Crippen LogP) is 2.61. The van der Waals surface area contributed by atoms with Gasteiger partial charge in [0.15, 0.2) is 11.6 Å². The molecule has 94 valence electrons. The summed E-state index contributed by atoms with van der Waals surface area (Å²) in [5.41, 5.74) is 1.59. The number of benzene rings is 2. The fourth-order valence-electron chi connectivity index (χ4n) is 2.38. The Balaban J connectivity index is 2.36. The highest BCUT2D eigenvalue weighted by Gasteiger charge is 2.31. The zero-order chi connectivity index (χ0) is 13.6. The van der Waals surface area contributed by atoms with E-state index in [4.69, 9.17) is 11.6 Å². The molecule has 3 rings (SSSR count). The summed E-state index contributed by atoms with van der Waals surface area (Å²) >= 11 is 5.98. The number of fused-ring (bicyclic) bond motifs is 2. The highest BCUT2D eigenvalue weighted by Crippen LogP contribution is 2.32. The van der Waals surface area contributed by atoms with E-state index in [1.165, 1.54) is 12.1 Å². The molecule has 0 fully saturated rings. The number of aliphatic hydroxyl groups excluding tert-OH is 1. The Bertz CT molecular complexity index is 719. The molecule has 0 unspecified atom stereocenters. The van der Waals surface area contributed by atoms with Crippen molar-refractivity contribution in [3.63, 3.8) is 0 Å². The molecule has 0 spiro atoms. The van der Waals surface area contributed by atoms with Gasteiger partial charge in [0.2, 0.25) is 0 Å². The van der Waals surface area contributed by atoms with Gasteiger partial charge < -0.3 is 5.11 Å². The molecular formula is C15H9ClO3. The minimum absolute atomic E-state index is 0.212. The maximum Gasteiger partial charge on any atom is 0.194 e. The first kappa shape index (κ1) is 12.1. The van der Waals surface area contributed by atoms with Crippen LogP contribution in [0.4, 0.5) is 0 Å². The number of ketones is 2. The number of carbonyl (C=O) groups is 2. The SMILES string of the molecule is O=C1c2ccccc2C(=O)c2c1ccc(Cl)c2CO. The highest BCUT2D eigenvalue weighted by molar-refractivity contribution is 6.34. The van der Waals surface area contributed by atoms with E-state index in [9.17, 15) is 14.7 Å². The molecule has 1 N–H and O–H groups in total. The van der Waals surface area contributed by atoms with Crippen LogP contribution in [0.1, 0.15) is 37.4 Å². The first-order chi connectivity index (χ1) is 9.15. The molecule has 0 saturated carbocycles. The van der Waals surface area contributed by atoms with E-state index >= 15 is 0 Å². The number of rotatable bonds is 1. The molecule has 1 aliphatic rings. The van der Waals surface area contributed by atoms with Gasteiger partial charge in [-0.2, -0.15) is 0 Å². The van der Waals surface area contributed by atoms with E-state index in [0.29, 0.717) is 27.3 Å². The zero-order valence-electron chi connectivity index (χ0n) is 9.81. The van der Waals surface area contributed by atoms with E-state index < -0.39 is 0 Å². The van der Waals surface area contributed by atoms with E-state index in [0.717, 1.165) is 0 Å². The Morgan fingerprint density at radius 3 is 2.16 bits per heavy atom. The second kappa shape index (κ2) is 4.30. The van der Waals surface area contributed by atoms with E-state index in [1.807, 2.05) is 0 Å². The van der Waals surface area contributed by atoms with Gasteiger partial charge in [-0.3, -0.25) is 9.59 Å². The molecule has 0 bridgehead atoms. The molecule has 0 saturated heterocycles. The van der Waals surface area contributed by atoms with Crippen LogP contribution in [0.2, 0.25) is 5.02 Å². The van der Waals surface area contributed by atoms with Gasteiger partial charge in [0.05, 0.1) is 6.61 Å². The highest BCUT2D eigenvalue weighted by atomic mass is 35.5. The summed E-state index contributed by atoms with van der Waals surface area (Å²) in [6.07, 6.45) is 0. The Hall–Kier alpha value is -1.97. The second-order valence-corrected chi connectivity index (χ2v) is 4.72. The summed E-state index contributed by atoms with van der Waals surface area (Å²) in [7, 11) is 0. The van der Waals surface area contributed by atoms with Crippen molar-refractivity contribution in [1.29, 1.82) is 0 Å². The molecular weight excluding hydrogens is 264 g/mol. The van der Waals surface area contributed by atoms with Gasteiger partial charge in [-0.15, -0.1) is 0 Å². The third kappa shape index (κ3) is 1.63. The van der Waals surface area contributed by atoms with Crippen molar-refractivity contribution in [2.45, 2.75) is 6.61 Å². The summed E-state index contributed by atoms with van der Waals surface area (Å²) in [5, 5.41) is 9.67. The van der Waals surface area contributed by atoms with Crippen LogP contribution in [-0.2, 0) is 6.61 Å². The van der Waals surface area contributed by atoms with Crippen LogP contribution in [0.25, 0.3) is 0 Å². The number of hydrogen-bond donors (Lipinski definition) is 1. The molecule has 3 nitrogen and oxygen atoms in total. The summed E-state index contributed by atoms with van der Waals surface area (Å²) in [6, 6.07) is 9.74. The second-order valence-electron chi connectivity index (χ2n) is 4.31. The average molecular weight is 273 g/mol. The van der Waals surface area contributed by atoms with Gasteiger partial charge in [0.1, 0.15) is 0 Å². The first-order valence-corrected chi connectivity index (χ1v) is 6.13. The lowest BCUT2D eigenvalue weighted by Gasteiger charge is -2.20. The molecule has 0 atom stereocenters. The van der Waals surface area contributed by atoms with Crippen molar-refractivity contribution in [2.75, 3.05) is 0 Å². The lowest BCUT2D eigenvalue weighted by molar-refractivity contribution is 0.0977. The monoisotopic (exact) mass is 272 g/mol. The van der Waals surface area contributed by atoms with E-state index in [2.05, 4.69) is 0 Å². The van der Waals surface area contributed by atoms with Gasteiger partial charge in [-0.05, 0) is 12.1 Å². The fraction of sp³-hybridized carbons (Fsp3) is 0.0667. The molecule has 0 aliphatic heterocycles. The Morgan fingerprint density at radius 1 is 0.895 bits per heavy atom. The quantitative estimate of drug-likeness (QED) is 0.741. The summed E-state index contributed by atoms with van der Waals surface area (Å²) in [4.78, 5) is 24.8. The van der Waals surface area contributed by atoms with Crippen LogP contribution in [0.15, 0.2) is 36.4 Å². The summed E-state index contributed by atoms with van der Waals surface area (Å²) < 4.78 is 0. The van der Waals surface area contributed by atoms with Crippen molar-refractivity contribution in [2.24, 2.45) is 0 Å². The van der Waals surface area contributed by atoms with Crippen LogP contribution in [0, 0.1) is 0 Å². The van der Waals surface area contributed by atoms with Crippen molar-refractivity contribution in [3.05, 3.63) is 69.2 Å². The molecule has 0 heterocycles. The van der Waals surface area contributed by atoms with Crippen molar-refractivity contribution >= 4 is 23.2 Å². The molecule has 4 heteroatoms. The average Bonchev–Trinajstić information content (AvgIpc) is 2.44. The van der Waals surface area contributed by atoms with Gasteiger partial charge in [-0.1, -0.05) is 35.9 Å². The van der Waals surface area contributed by atoms with Crippen LogP contribution in [-0.4, -0.2) is 16.7 Å². The Labute approximate surface area is 114 Å². The smallest absolute Gasteiger partial charge is 0.194 e. The molecule has 0 radical (unpaired) electrons. The van der Waals surface area contributed by atoms with E-state index in [-0.39, 0.29) is 23.7 Å². The molecule has 1 aliphatic carbocycles. The minimum Gasteiger partial charge on any atom is -0.392 e. The molecule has 2 aromatic rings. The Kier molecular flexibility index (Phi) is 2.73. The maximum absolute atomic E-state index is 12.5. The topological polar surface area (TPSA) is 54.4 Å². The van der Waals surface area contributed by atoms with Gasteiger partial charge in [-0.25, -0.2) is 0 Å². The van der Waals surface area contributed by atoms with Crippen LogP contribution >= 0.6 is 11.6 Å². The molecule has 19 heavy (non-hydrogen) atoms. The van der Waals surface area contributed by atoms with E-state index in [1.54, 1.807) is 24.3 Å². The third-order valence-corrected chi connectivity index (χ3v) is 3.66. The molecule has 0 aromatic heterocycles.